The van der Waals surface area contributed by atoms with Crippen molar-refractivity contribution >= 4 is 40.3 Å². The average molecular weight is 331 g/mol. The van der Waals surface area contributed by atoms with Crippen LogP contribution in [0, 0.1) is 13.8 Å². The minimum absolute atomic E-state index is 0.727. The molecule has 1 aliphatic heterocycles. The molecule has 0 fully saturated rings. The lowest BCUT2D eigenvalue weighted by molar-refractivity contribution is 0.780. The topological polar surface area (TPSA) is 15.3 Å². The van der Waals surface area contributed by atoms with Gasteiger partial charge in [-0.25, -0.2) is 0 Å². The quantitative estimate of drug-likeness (QED) is 0.732. The highest BCUT2D eigenvalue weighted by Gasteiger charge is 2.20. The third kappa shape index (κ3) is 3.11. The molecule has 0 radical (unpaired) electrons. The number of benzene rings is 2. The standard InChI is InChI=1S/C18H19ClN2S/c1-12-5-8-17-14(10-12)4-3-9-21(17)18(22)20-15-7-6-13(2)16(19)11-15/h5-8,10-11H,3-4,9H2,1-2H3,(H,20,22). The number of nitrogens with one attached hydrogen (secondary N) is 1. The molecule has 0 bridgehead atoms. The number of hydrogen-bond donors (Lipinski definition) is 1. The fourth-order valence-electron chi connectivity index (χ4n) is 2.80. The van der Waals surface area contributed by atoms with Gasteiger partial charge in [-0.3, -0.25) is 0 Å². The van der Waals surface area contributed by atoms with Gasteiger partial charge in [0.15, 0.2) is 5.11 Å². The van der Waals surface area contributed by atoms with Gasteiger partial charge in [0.1, 0.15) is 0 Å². The van der Waals surface area contributed by atoms with Crippen LogP contribution in [-0.2, 0) is 6.42 Å². The molecule has 3 rings (SSSR count). The van der Waals surface area contributed by atoms with E-state index < -0.39 is 0 Å². The minimum Gasteiger partial charge on any atom is -0.332 e. The van der Waals surface area contributed by atoms with Crippen molar-refractivity contribution in [3.8, 4) is 0 Å². The Morgan fingerprint density at radius 3 is 2.77 bits per heavy atom. The summed E-state index contributed by atoms with van der Waals surface area (Å²) >= 11 is 11.8. The van der Waals surface area contributed by atoms with Gasteiger partial charge < -0.3 is 10.2 Å². The van der Waals surface area contributed by atoms with Gasteiger partial charge in [0.2, 0.25) is 0 Å². The van der Waals surface area contributed by atoms with Crippen LogP contribution in [0.2, 0.25) is 5.02 Å². The summed E-state index contributed by atoms with van der Waals surface area (Å²) in [6.07, 6.45) is 2.24. The maximum Gasteiger partial charge on any atom is 0.177 e. The SMILES string of the molecule is Cc1ccc2c(c1)CCCN2C(=S)Nc1ccc(C)c(Cl)c1. The summed E-state index contributed by atoms with van der Waals surface area (Å²) in [4.78, 5) is 2.18. The molecule has 22 heavy (non-hydrogen) atoms. The third-order valence-electron chi connectivity index (χ3n) is 4.02. The summed E-state index contributed by atoms with van der Waals surface area (Å²) in [5.41, 5.74) is 5.88. The summed E-state index contributed by atoms with van der Waals surface area (Å²) in [5.74, 6) is 0. The molecule has 0 spiro atoms. The van der Waals surface area contributed by atoms with Crippen molar-refractivity contribution in [2.45, 2.75) is 26.7 Å². The third-order valence-corrected chi connectivity index (χ3v) is 4.75. The first-order valence-electron chi connectivity index (χ1n) is 7.49. The van der Waals surface area contributed by atoms with Gasteiger partial charge >= 0.3 is 0 Å². The van der Waals surface area contributed by atoms with Crippen LogP contribution in [0.15, 0.2) is 36.4 Å². The Morgan fingerprint density at radius 1 is 1.18 bits per heavy atom. The van der Waals surface area contributed by atoms with E-state index in [1.54, 1.807) is 0 Å². The Labute approximate surface area is 142 Å². The van der Waals surface area contributed by atoms with E-state index in [1.807, 2.05) is 25.1 Å². The largest absolute Gasteiger partial charge is 0.332 e. The lowest BCUT2D eigenvalue weighted by Crippen LogP contribution is -2.38. The second-order valence-corrected chi connectivity index (χ2v) is 6.58. The zero-order chi connectivity index (χ0) is 15.7. The van der Waals surface area contributed by atoms with Crippen molar-refractivity contribution in [1.29, 1.82) is 0 Å². The lowest BCUT2D eigenvalue weighted by Gasteiger charge is -2.32. The fraction of sp³-hybridized carbons (Fsp3) is 0.278. The van der Waals surface area contributed by atoms with Crippen molar-refractivity contribution in [3.63, 3.8) is 0 Å². The van der Waals surface area contributed by atoms with E-state index in [2.05, 4.69) is 35.3 Å². The van der Waals surface area contributed by atoms with E-state index >= 15 is 0 Å². The molecule has 1 N–H and O–H groups in total. The summed E-state index contributed by atoms with van der Waals surface area (Å²) in [6, 6.07) is 12.5. The smallest absolute Gasteiger partial charge is 0.177 e. The van der Waals surface area contributed by atoms with E-state index in [9.17, 15) is 0 Å². The van der Waals surface area contributed by atoms with Crippen molar-refractivity contribution in [3.05, 3.63) is 58.1 Å². The molecule has 0 saturated heterocycles. The van der Waals surface area contributed by atoms with Crippen LogP contribution in [0.3, 0.4) is 0 Å². The minimum atomic E-state index is 0.727. The number of thiocarbonyl (C=S) groups is 1. The highest BCUT2D eigenvalue weighted by atomic mass is 35.5. The van der Waals surface area contributed by atoms with Gasteiger partial charge in [-0.15, -0.1) is 0 Å². The van der Waals surface area contributed by atoms with Crippen LogP contribution in [-0.4, -0.2) is 11.7 Å². The first-order valence-corrected chi connectivity index (χ1v) is 8.27. The van der Waals surface area contributed by atoms with E-state index in [4.69, 9.17) is 23.8 Å². The summed E-state index contributed by atoms with van der Waals surface area (Å²) in [5, 5.41) is 4.79. The van der Waals surface area contributed by atoms with E-state index in [0.29, 0.717) is 0 Å². The molecule has 0 atom stereocenters. The Balaban J connectivity index is 1.83. The number of aryl methyl sites for hydroxylation is 3. The van der Waals surface area contributed by atoms with Gasteiger partial charge in [0.25, 0.3) is 0 Å². The number of halogens is 1. The normalized spacial score (nSPS) is 13.7. The maximum atomic E-state index is 6.18. The van der Waals surface area contributed by atoms with Crippen LogP contribution in [0.5, 0.6) is 0 Å². The Kier molecular flexibility index (Phi) is 4.37. The molecular weight excluding hydrogens is 312 g/mol. The molecule has 0 aliphatic carbocycles. The van der Waals surface area contributed by atoms with Gasteiger partial charge in [0, 0.05) is 22.9 Å². The molecule has 2 aromatic rings. The molecule has 1 aliphatic rings. The lowest BCUT2D eigenvalue weighted by atomic mass is 10.00. The van der Waals surface area contributed by atoms with Crippen LogP contribution in [0.4, 0.5) is 11.4 Å². The molecule has 2 aromatic carbocycles. The molecule has 2 nitrogen and oxygen atoms in total. The van der Waals surface area contributed by atoms with Crippen molar-refractivity contribution < 1.29 is 0 Å². The Hall–Kier alpha value is -1.58. The zero-order valence-electron chi connectivity index (χ0n) is 12.8. The summed E-state index contributed by atoms with van der Waals surface area (Å²) in [7, 11) is 0. The fourth-order valence-corrected chi connectivity index (χ4v) is 3.29. The number of nitrogens with zero attached hydrogens (tertiary/aromatic N) is 1. The van der Waals surface area contributed by atoms with Crippen LogP contribution < -0.4 is 10.2 Å². The second kappa shape index (κ2) is 6.27. The second-order valence-electron chi connectivity index (χ2n) is 5.78. The number of rotatable bonds is 1. The predicted molar refractivity (Wildman–Crippen MR) is 99.3 cm³/mol. The predicted octanol–water partition coefficient (Wildman–Crippen LogP) is 5.11. The molecule has 0 unspecified atom stereocenters. The van der Waals surface area contributed by atoms with E-state index in [-0.39, 0.29) is 0 Å². The molecule has 0 amide bonds. The molecule has 1 heterocycles. The van der Waals surface area contributed by atoms with Crippen LogP contribution in [0.1, 0.15) is 23.1 Å². The van der Waals surface area contributed by atoms with Crippen LogP contribution in [0.25, 0.3) is 0 Å². The Bertz CT molecular complexity index is 727. The Morgan fingerprint density at radius 2 is 2.00 bits per heavy atom. The number of anilines is 2. The number of fused-ring (bicyclic) bond motifs is 1. The molecular formula is C18H19ClN2S. The average Bonchev–Trinajstić information content (AvgIpc) is 2.50. The monoisotopic (exact) mass is 330 g/mol. The summed E-state index contributed by atoms with van der Waals surface area (Å²) < 4.78 is 0. The van der Waals surface area contributed by atoms with Crippen molar-refractivity contribution in [1.82, 2.24) is 0 Å². The first kappa shape index (κ1) is 15.3. The molecule has 0 aromatic heterocycles. The molecule has 4 heteroatoms. The van der Waals surface area contributed by atoms with Crippen LogP contribution >= 0.6 is 23.8 Å². The highest BCUT2D eigenvalue weighted by Crippen LogP contribution is 2.29. The molecule has 114 valence electrons. The maximum absolute atomic E-state index is 6.18. The van der Waals surface area contributed by atoms with Gasteiger partial charge in [-0.2, -0.15) is 0 Å². The highest BCUT2D eigenvalue weighted by molar-refractivity contribution is 7.80. The number of hydrogen-bond acceptors (Lipinski definition) is 1. The zero-order valence-corrected chi connectivity index (χ0v) is 14.4. The van der Waals surface area contributed by atoms with E-state index in [0.717, 1.165) is 40.8 Å². The van der Waals surface area contributed by atoms with E-state index in [1.165, 1.54) is 16.8 Å². The van der Waals surface area contributed by atoms with Crippen molar-refractivity contribution in [2.24, 2.45) is 0 Å². The molecule has 0 saturated carbocycles. The van der Waals surface area contributed by atoms with Gasteiger partial charge in [-0.05, 0) is 68.2 Å². The van der Waals surface area contributed by atoms with Crippen molar-refractivity contribution in [2.75, 3.05) is 16.8 Å². The first-order chi connectivity index (χ1) is 10.5. The van der Waals surface area contributed by atoms with Gasteiger partial charge in [-0.1, -0.05) is 35.4 Å². The van der Waals surface area contributed by atoms with Gasteiger partial charge in [0.05, 0.1) is 0 Å². The summed E-state index contributed by atoms with van der Waals surface area (Å²) in [6.45, 7) is 5.07.